The summed E-state index contributed by atoms with van der Waals surface area (Å²) >= 11 is 0. The van der Waals surface area contributed by atoms with E-state index in [1.165, 1.54) is 0 Å². The van der Waals surface area contributed by atoms with Gasteiger partial charge in [0.05, 0.1) is 0 Å². The first-order chi connectivity index (χ1) is 8.78. The Morgan fingerprint density at radius 3 is 2.37 bits per heavy atom. The molecule has 19 heavy (non-hydrogen) atoms. The number of carbonyl (C=O) groups is 1. The normalized spacial score (nSPS) is 37.5. The van der Waals surface area contributed by atoms with E-state index in [2.05, 4.69) is 44.5 Å². The van der Waals surface area contributed by atoms with E-state index in [0.29, 0.717) is 23.3 Å². The Labute approximate surface area is 118 Å². The lowest BCUT2D eigenvalue weighted by atomic mass is 9.71. The minimum atomic E-state index is 0.270. The summed E-state index contributed by atoms with van der Waals surface area (Å²) in [5.41, 5.74) is 0.350. The van der Waals surface area contributed by atoms with E-state index in [9.17, 15) is 4.79 Å². The second-order valence-corrected chi connectivity index (χ2v) is 7.61. The topological polar surface area (TPSA) is 23.6 Å². The van der Waals surface area contributed by atoms with Gasteiger partial charge in [0, 0.05) is 44.1 Å². The van der Waals surface area contributed by atoms with Crippen LogP contribution in [0.1, 0.15) is 47.0 Å². The van der Waals surface area contributed by atoms with Crippen LogP contribution in [-0.4, -0.2) is 54.3 Å². The number of hydrogen-bond donors (Lipinski definition) is 0. The van der Waals surface area contributed by atoms with Gasteiger partial charge in [-0.2, -0.15) is 0 Å². The number of nitrogens with zero attached hydrogens (tertiary/aromatic N) is 2. The van der Waals surface area contributed by atoms with Crippen LogP contribution in [0.2, 0.25) is 0 Å². The molecule has 2 aliphatic rings. The maximum Gasteiger partial charge on any atom is 0.137 e. The van der Waals surface area contributed by atoms with Gasteiger partial charge in [-0.25, -0.2) is 0 Å². The number of likely N-dealkylation sites (N-methyl/N-ethyl adjacent to an activating group) is 1. The lowest BCUT2D eigenvalue weighted by molar-refractivity contribution is -0.128. The summed E-state index contributed by atoms with van der Waals surface area (Å²) < 4.78 is 0. The number of carbonyl (C=O) groups excluding carboxylic acids is 1. The highest BCUT2D eigenvalue weighted by Gasteiger charge is 2.36. The lowest BCUT2D eigenvalue weighted by Gasteiger charge is -2.44. The van der Waals surface area contributed by atoms with Crippen LogP contribution >= 0.6 is 0 Å². The molecule has 0 radical (unpaired) electrons. The Morgan fingerprint density at radius 1 is 1.21 bits per heavy atom. The number of rotatable bonds is 2. The Bertz CT molecular complexity index is 328. The SMILES string of the molecule is CC1CN(CC2CC(C)(C)CCC2=O)CC(C)N1C. The van der Waals surface area contributed by atoms with E-state index in [0.717, 1.165) is 38.9 Å². The zero-order valence-electron chi connectivity index (χ0n) is 13.3. The highest BCUT2D eigenvalue weighted by atomic mass is 16.1. The molecular formula is C16H30N2O. The van der Waals surface area contributed by atoms with Crippen LogP contribution in [0.4, 0.5) is 0 Å². The number of Topliss-reactive ketones (excluding diaryl/α,β-unsaturated/α-hetero) is 1. The van der Waals surface area contributed by atoms with Crippen LogP contribution in [-0.2, 0) is 4.79 Å². The van der Waals surface area contributed by atoms with Crippen molar-refractivity contribution in [2.45, 2.75) is 59.0 Å². The Kier molecular flexibility index (Phi) is 4.36. The van der Waals surface area contributed by atoms with Crippen molar-refractivity contribution in [1.82, 2.24) is 9.80 Å². The summed E-state index contributed by atoms with van der Waals surface area (Å²) in [6, 6.07) is 1.19. The fourth-order valence-electron chi connectivity index (χ4n) is 3.69. The molecule has 2 fully saturated rings. The molecule has 1 saturated heterocycles. The quantitative estimate of drug-likeness (QED) is 0.767. The first kappa shape index (κ1) is 15.0. The molecule has 1 saturated carbocycles. The zero-order valence-corrected chi connectivity index (χ0v) is 13.3. The van der Waals surface area contributed by atoms with Crippen molar-refractivity contribution in [3.63, 3.8) is 0 Å². The molecule has 3 atom stereocenters. The van der Waals surface area contributed by atoms with Crippen molar-refractivity contribution in [3.8, 4) is 0 Å². The second-order valence-electron chi connectivity index (χ2n) is 7.61. The monoisotopic (exact) mass is 266 g/mol. The van der Waals surface area contributed by atoms with E-state index in [1.54, 1.807) is 0 Å². The van der Waals surface area contributed by atoms with Gasteiger partial charge in [-0.15, -0.1) is 0 Å². The largest absolute Gasteiger partial charge is 0.300 e. The molecule has 0 N–H and O–H groups in total. The molecule has 110 valence electrons. The van der Waals surface area contributed by atoms with Crippen molar-refractivity contribution in [2.75, 3.05) is 26.7 Å². The number of piperazine rings is 1. The number of hydrogen-bond acceptors (Lipinski definition) is 3. The summed E-state index contributed by atoms with van der Waals surface area (Å²) in [4.78, 5) is 17.1. The van der Waals surface area contributed by atoms with Gasteiger partial charge >= 0.3 is 0 Å². The van der Waals surface area contributed by atoms with E-state index in [-0.39, 0.29) is 5.92 Å². The molecule has 0 spiro atoms. The molecule has 0 aromatic rings. The van der Waals surface area contributed by atoms with Gasteiger partial charge < -0.3 is 0 Å². The molecule has 3 heteroatoms. The molecule has 3 unspecified atom stereocenters. The van der Waals surface area contributed by atoms with Crippen molar-refractivity contribution >= 4 is 5.78 Å². The summed E-state index contributed by atoms with van der Waals surface area (Å²) in [5.74, 6) is 0.769. The minimum Gasteiger partial charge on any atom is -0.300 e. The number of ketones is 1. The van der Waals surface area contributed by atoms with Crippen molar-refractivity contribution in [2.24, 2.45) is 11.3 Å². The van der Waals surface area contributed by atoms with Gasteiger partial charge in [0.15, 0.2) is 0 Å². The third-order valence-electron chi connectivity index (χ3n) is 5.22. The van der Waals surface area contributed by atoms with E-state index in [4.69, 9.17) is 0 Å². The fourth-order valence-corrected chi connectivity index (χ4v) is 3.69. The smallest absolute Gasteiger partial charge is 0.137 e. The van der Waals surface area contributed by atoms with Gasteiger partial charge in [-0.3, -0.25) is 14.6 Å². The van der Waals surface area contributed by atoms with Gasteiger partial charge in [0.1, 0.15) is 5.78 Å². The molecule has 0 amide bonds. The third-order valence-corrected chi connectivity index (χ3v) is 5.22. The Balaban J connectivity index is 1.95. The van der Waals surface area contributed by atoms with Crippen LogP contribution in [0.5, 0.6) is 0 Å². The second kappa shape index (κ2) is 5.53. The van der Waals surface area contributed by atoms with E-state index >= 15 is 0 Å². The van der Waals surface area contributed by atoms with Crippen LogP contribution in [0, 0.1) is 11.3 Å². The molecule has 1 aliphatic heterocycles. The molecule has 1 heterocycles. The van der Waals surface area contributed by atoms with E-state index < -0.39 is 0 Å². The molecule has 3 nitrogen and oxygen atoms in total. The van der Waals surface area contributed by atoms with Crippen LogP contribution in [0.3, 0.4) is 0 Å². The average Bonchev–Trinajstić information content (AvgIpc) is 2.30. The first-order valence-corrected chi connectivity index (χ1v) is 7.75. The summed E-state index contributed by atoms with van der Waals surface area (Å²) in [6.07, 6.45) is 2.93. The van der Waals surface area contributed by atoms with Gasteiger partial charge in [0.2, 0.25) is 0 Å². The van der Waals surface area contributed by atoms with Gasteiger partial charge in [0.25, 0.3) is 0 Å². The maximum absolute atomic E-state index is 12.1. The van der Waals surface area contributed by atoms with Gasteiger partial charge in [-0.05, 0) is 39.2 Å². The Hall–Kier alpha value is -0.410. The molecule has 0 aromatic heterocycles. The average molecular weight is 266 g/mol. The standard InChI is InChI=1S/C16H30N2O/c1-12-9-18(10-13(2)17(12)5)11-14-8-16(3,4)7-6-15(14)19/h12-14H,6-11H2,1-5H3. The summed E-state index contributed by atoms with van der Waals surface area (Å²) in [6.45, 7) is 12.4. The van der Waals surface area contributed by atoms with Crippen LogP contribution in [0.15, 0.2) is 0 Å². The predicted molar refractivity (Wildman–Crippen MR) is 79.3 cm³/mol. The molecule has 1 aliphatic carbocycles. The lowest BCUT2D eigenvalue weighted by Crippen LogP contribution is -2.56. The molecule has 0 bridgehead atoms. The van der Waals surface area contributed by atoms with Gasteiger partial charge in [-0.1, -0.05) is 13.8 Å². The molecule has 2 rings (SSSR count). The fraction of sp³-hybridized carbons (Fsp3) is 0.938. The third kappa shape index (κ3) is 3.57. The Morgan fingerprint density at radius 2 is 1.79 bits per heavy atom. The molecule has 0 aromatic carbocycles. The van der Waals surface area contributed by atoms with E-state index in [1.807, 2.05) is 0 Å². The highest BCUT2D eigenvalue weighted by molar-refractivity contribution is 5.82. The first-order valence-electron chi connectivity index (χ1n) is 7.75. The van der Waals surface area contributed by atoms with Crippen molar-refractivity contribution in [1.29, 1.82) is 0 Å². The van der Waals surface area contributed by atoms with Crippen molar-refractivity contribution in [3.05, 3.63) is 0 Å². The minimum absolute atomic E-state index is 0.270. The zero-order chi connectivity index (χ0) is 14.2. The van der Waals surface area contributed by atoms with Crippen LogP contribution < -0.4 is 0 Å². The van der Waals surface area contributed by atoms with Crippen molar-refractivity contribution < 1.29 is 4.79 Å². The maximum atomic E-state index is 12.1. The predicted octanol–water partition coefficient (Wildman–Crippen LogP) is 2.41. The summed E-state index contributed by atoms with van der Waals surface area (Å²) in [5, 5.41) is 0. The summed E-state index contributed by atoms with van der Waals surface area (Å²) in [7, 11) is 2.21. The highest BCUT2D eigenvalue weighted by Crippen LogP contribution is 2.37. The molecular weight excluding hydrogens is 236 g/mol. The van der Waals surface area contributed by atoms with Crippen LogP contribution in [0.25, 0.3) is 0 Å².